The predicted molar refractivity (Wildman–Crippen MR) is 106 cm³/mol. The minimum atomic E-state index is -3.82. The lowest BCUT2D eigenvalue weighted by molar-refractivity contribution is -0.114. The summed E-state index contributed by atoms with van der Waals surface area (Å²) in [6.07, 6.45) is 1.57. The van der Waals surface area contributed by atoms with Crippen LogP contribution in [0.3, 0.4) is 0 Å². The van der Waals surface area contributed by atoms with Gasteiger partial charge in [0.1, 0.15) is 0 Å². The Morgan fingerprint density at radius 1 is 0.889 bits per heavy atom. The standard InChI is InChI=1S/C19H18N4O3S/c1-14(24)21-16-9-11-17(12-10-16)27(25,26)23-18-8-5-13-20-19(18)22-15-6-3-2-4-7-15/h2-13,23H,1H3,(H,20,22)(H,21,24). The second-order valence-corrected chi connectivity index (χ2v) is 7.38. The van der Waals surface area contributed by atoms with Gasteiger partial charge in [-0.25, -0.2) is 13.4 Å². The van der Waals surface area contributed by atoms with Crippen LogP contribution in [0.2, 0.25) is 0 Å². The number of nitrogens with one attached hydrogen (secondary N) is 3. The van der Waals surface area contributed by atoms with Gasteiger partial charge < -0.3 is 10.6 Å². The topological polar surface area (TPSA) is 100 Å². The molecule has 1 amide bonds. The number of amides is 1. The lowest BCUT2D eigenvalue weighted by Crippen LogP contribution is -2.14. The van der Waals surface area contributed by atoms with Crippen molar-refractivity contribution in [3.8, 4) is 0 Å². The van der Waals surface area contributed by atoms with Crippen molar-refractivity contribution in [2.45, 2.75) is 11.8 Å². The van der Waals surface area contributed by atoms with E-state index in [9.17, 15) is 13.2 Å². The molecule has 0 radical (unpaired) electrons. The van der Waals surface area contributed by atoms with E-state index >= 15 is 0 Å². The first-order valence-electron chi connectivity index (χ1n) is 8.11. The number of carbonyl (C=O) groups is 1. The maximum Gasteiger partial charge on any atom is 0.262 e. The van der Waals surface area contributed by atoms with Crippen LogP contribution in [0.1, 0.15) is 6.92 Å². The van der Waals surface area contributed by atoms with Crippen molar-refractivity contribution < 1.29 is 13.2 Å². The monoisotopic (exact) mass is 382 g/mol. The molecule has 0 saturated carbocycles. The van der Waals surface area contributed by atoms with Crippen LogP contribution < -0.4 is 15.4 Å². The smallest absolute Gasteiger partial charge is 0.262 e. The molecule has 3 N–H and O–H groups in total. The van der Waals surface area contributed by atoms with Gasteiger partial charge in [0.2, 0.25) is 5.91 Å². The third-order valence-corrected chi connectivity index (χ3v) is 4.95. The summed E-state index contributed by atoms with van der Waals surface area (Å²) < 4.78 is 27.9. The number of anilines is 4. The van der Waals surface area contributed by atoms with Gasteiger partial charge >= 0.3 is 0 Å². The van der Waals surface area contributed by atoms with Crippen molar-refractivity contribution in [1.82, 2.24) is 4.98 Å². The summed E-state index contributed by atoms with van der Waals surface area (Å²) in [5.41, 5.74) is 1.64. The number of aromatic nitrogens is 1. The van der Waals surface area contributed by atoms with Crippen molar-refractivity contribution in [3.63, 3.8) is 0 Å². The summed E-state index contributed by atoms with van der Waals surface area (Å²) in [6.45, 7) is 1.38. The predicted octanol–water partition coefficient (Wildman–Crippen LogP) is 3.58. The zero-order valence-corrected chi connectivity index (χ0v) is 15.3. The molecule has 0 atom stereocenters. The van der Waals surface area contributed by atoms with Gasteiger partial charge in [0.25, 0.3) is 10.0 Å². The lowest BCUT2D eigenvalue weighted by atomic mass is 10.3. The zero-order valence-electron chi connectivity index (χ0n) is 14.5. The van der Waals surface area contributed by atoms with Gasteiger partial charge in [-0.2, -0.15) is 0 Å². The second-order valence-electron chi connectivity index (χ2n) is 5.70. The fourth-order valence-corrected chi connectivity index (χ4v) is 3.44. The molecule has 2 aromatic carbocycles. The molecular weight excluding hydrogens is 364 g/mol. The number of pyridine rings is 1. The number of sulfonamides is 1. The van der Waals surface area contributed by atoms with Gasteiger partial charge in [-0.3, -0.25) is 9.52 Å². The van der Waals surface area contributed by atoms with Crippen LogP contribution in [0.15, 0.2) is 77.8 Å². The van der Waals surface area contributed by atoms with Gasteiger partial charge in [0.05, 0.1) is 10.6 Å². The number of rotatable bonds is 6. The molecule has 3 aromatic rings. The summed E-state index contributed by atoms with van der Waals surface area (Å²) in [6, 6.07) is 18.5. The van der Waals surface area contributed by atoms with Crippen molar-refractivity contribution in [2.75, 3.05) is 15.4 Å². The molecule has 0 unspecified atom stereocenters. The summed E-state index contributed by atoms with van der Waals surface area (Å²) in [4.78, 5) is 15.4. The van der Waals surface area contributed by atoms with Gasteiger partial charge in [0, 0.05) is 24.5 Å². The highest BCUT2D eigenvalue weighted by atomic mass is 32.2. The average molecular weight is 382 g/mol. The van der Waals surface area contributed by atoms with Crippen LogP contribution in [-0.4, -0.2) is 19.3 Å². The molecule has 0 fully saturated rings. The fraction of sp³-hybridized carbons (Fsp3) is 0.0526. The van der Waals surface area contributed by atoms with E-state index in [1.807, 2.05) is 30.3 Å². The van der Waals surface area contributed by atoms with Gasteiger partial charge in [-0.1, -0.05) is 18.2 Å². The first kappa shape index (κ1) is 18.4. The fourth-order valence-electron chi connectivity index (χ4n) is 2.37. The van der Waals surface area contributed by atoms with Crippen molar-refractivity contribution in [1.29, 1.82) is 0 Å². The van der Waals surface area contributed by atoms with Crippen LogP contribution in [0, 0.1) is 0 Å². The molecule has 0 aliphatic carbocycles. The van der Waals surface area contributed by atoms with Crippen molar-refractivity contribution >= 4 is 38.8 Å². The molecule has 0 aliphatic rings. The van der Waals surface area contributed by atoms with Crippen LogP contribution in [-0.2, 0) is 14.8 Å². The van der Waals surface area contributed by atoms with E-state index in [0.717, 1.165) is 5.69 Å². The number of hydrogen-bond acceptors (Lipinski definition) is 5. The molecule has 1 aromatic heterocycles. The Bertz CT molecular complexity index is 1040. The third kappa shape index (κ3) is 4.83. The molecule has 0 aliphatic heterocycles. The molecule has 0 spiro atoms. The van der Waals surface area contributed by atoms with Crippen LogP contribution in [0.4, 0.5) is 22.9 Å². The van der Waals surface area contributed by atoms with E-state index < -0.39 is 10.0 Å². The lowest BCUT2D eigenvalue weighted by Gasteiger charge is -2.13. The minimum Gasteiger partial charge on any atom is -0.338 e. The SMILES string of the molecule is CC(=O)Nc1ccc(S(=O)(=O)Nc2cccnc2Nc2ccccc2)cc1. The maximum absolute atomic E-state index is 12.7. The molecule has 8 heteroatoms. The maximum atomic E-state index is 12.7. The summed E-state index contributed by atoms with van der Waals surface area (Å²) in [5.74, 6) is 0.165. The number of para-hydroxylation sites is 1. The highest BCUT2D eigenvalue weighted by Gasteiger charge is 2.16. The quantitative estimate of drug-likeness (QED) is 0.605. The average Bonchev–Trinajstić information content (AvgIpc) is 2.64. The largest absolute Gasteiger partial charge is 0.338 e. The number of hydrogen-bond donors (Lipinski definition) is 3. The van der Waals surface area contributed by atoms with Crippen LogP contribution >= 0.6 is 0 Å². The first-order chi connectivity index (χ1) is 12.9. The van der Waals surface area contributed by atoms with Crippen molar-refractivity contribution in [3.05, 3.63) is 72.9 Å². The number of carbonyl (C=O) groups excluding carboxylic acids is 1. The summed E-state index contributed by atoms with van der Waals surface area (Å²) >= 11 is 0. The highest BCUT2D eigenvalue weighted by molar-refractivity contribution is 7.92. The third-order valence-electron chi connectivity index (χ3n) is 3.57. The molecular formula is C19H18N4O3S. The summed E-state index contributed by atoms with van der Waals surface area (Å²) in [5, 5.41) is 5.69. The van der Waals surface area contributed by atoms with Gasteiger partial charge in [-0.05, 0) is 48.5 Å². The van der Waals surface area contributed by atoms with Crippen LogP contribution in [0.5, 0.6) is 0 Å². The number of nitrogens with zero attached hydrogens (tertiary/aromatic N) is 1. The van der Waals surface area contributed by atoms with Gasteiger partial charge in [0.15, 0.2) is 5.82 Å². The summed E-state index contributed by atoms with van der Waals surface area (Å²) in [7, 11) is -3.82. The van der Waals surface area contributed by atoms with Gasteiger partial charge in [-0.15, -0.1) is 0 Å². The normalized spacial score (nSPS) is 10.9. The van der Waals surface area contributed by atoms with E-state index in [0.29, 0.717) is 17.2 Å². The van der Waals surface area contributed by atoms with Crippen molar-refractivity contribution in [2.24, 2.45) is 0 Å². The zero-order chi connectivity index (χ0) is 19.3. The molecule has 3 rings (SSSR count). The minimum absolute atomic E-state index is 0.0751. The molecule has 7 nitrogen and oxygen atoms in total. The van der Waals surface area contributed by atoms with E-state index in [-0.39, 0.29) is 10.8 Å². The van der Waals surface area contributed by atoms with E-state index in [1.54, 1.807) is 18.3 Å². The molecule has 1 heterocycles. The molecule has 138 valence electrons. The first-order valence-corrected chi connectivity index (χ1v) is 9.60. The molecule has 0 bridgehead atoms. The van der Waals surface area contributed by atoms with E-state index in [4.69, 9.17) is 0 Å². The Hall–Kier alpha value is -3.39. The van der Waals surface area contributed by atoms with E-state index in [1.165, 1.54) is 31.2 Å². The van der Waals surface area contributed by atoms with Crippen LogP contribution in [0.25, 0.3) is 0 Å². The Kier molecular flexibility index (Phi) is 5.37. The number of benzene rings is 2. The molecule has 27 heavy (non-hydrogen) atoms. The Morgan fingerprint density at radius 2 is 1.59 bits per heavy atom. The Morgan fingerprint density at radius 3 is 2.26 bits per heavy atom. The van der Waals surface area contributed by atoms with E-state index in [2.05, 4.69) is 20.3 Å². The Balaban J connectivity index is 1.83. The highest BCUT2D eigenvalue weighted by Crippen LogP contribution is 2.25. The Labute approximate surface area is 157 Å². The second kappa shape index (κ2) is 7.88. The molecule has 0 saturated heterocycles.